The van der Waals surface area contributed by atoms with Crippen LogP contribution in [-0.4, -0.2) is 38.9 Å². The average Bonchev–Trinajstić information content (AvgIpc) is 2.94. The summed E-state index contributed by atoms with van der Waals surface area (Å²) in [4.78, 5) is 14.1. The molecule has 120 valence electrons. The first-order chi connectivity index (χ1) is 10.3. The molecule has 2 rings (SSSR count). The smallest absolute Gasteiger partial charge is 0.255 e. The number of halogens is 2. The predicted octanol–water partition coefficient (Wildman–Crippen LogP) is 2.52. The number of amides is 1. The molecule has 1 aliphatic rings. The van der Waals surface area contributed by atoms with Crippen molar-refractivity contribution in [2.45, 2.75) is 6.42 Å². The lowest BCUT2D eigenvalue weighted by molar-refractivity contribution is 0.0787. The first kappa shape index (κ1) is 17.3. The topological polar surface area (TPSA) is 66.5 Å². The van der Waals surface area contributed by atoms with E-state index in [0.717, 1.165) is 11.8 Å². The molecule has 1 aliphatic heterocycles. The van der Waals surface area contributed by atoms with Gasteiger partial charge in [0, 0.05) is 30.1 Å². The Kier molecular flexibility index (Phi) is 5.50. The van der Waals surface area contributed by atoms with Gasteiger partial charge in [-0.2, -0.15) is 0 Å². The standard InChI is InChI=1S/C14H16Cl2N2O3S/c1-2-22(20,21)17-8-10-5-6-18(9-10)14(19)12-4-3-11(15)7-13(12)16/h2-4,7,10,17H,1,5-6,8-9H2/t10-/m1/s1. The van der Waals surface area contributed by atoms with Crippen molar-refractivity contribution in [1.82, 2.24) is 9.62 Å². The minimum absolute atomic E-state index is 0.0738. The molecular weight excluding hydrogens is 347 g/mol. The number of hydrogen-bond acceptors (Lipinski definition) is 3. The lowest BCUT2D eigenvalue weighted by Gasteiger charge is -2.17. The molecule has 5 nitrogen and oxygen atoms in total. The van der Waals surface area contributed by atoms with E-state index in [1.807, 2.05) is 0 Å². The summed E-state index contributed by atoms with van der Waals surface area (Å²) < 4.78 is 25.1. The number of nitrogens with one attached hydrogen (secondary N) is 1. The van der Waals surface area contributed by atoms with E-state index in [0.29, 0.717) is 28.7 Å². The van der Waals surface area contributed by atoms with Crippen LogP contribution >= 0.6 is 23.2 Å². The van der Waals surface area contributed by atoms with Gasteiger partial charge in [0.05, 0.1) is 10.6 Å². The number of rotatable bonds is 5. The van der Waals surface area contributed by atoms with E-state index in [-0.39, 0.29) is 18.4 Å². The van der Waals surface area contributed by atoms with Gasteiger partial charge in [0.25, 0.3) is 5.91 Å². The van der Waals surface area contributed by atoms with Gasteiger partial charge in [0.1, 0.15) is 0 Å². The SMILES string of the molecule is C=CS(=O)(=O)NC[C@H]1CCN(C(=O)c2ccc(Cl)cc2Cl)C1. The van der Waals surface area contributed by atoms with Crippen LogP contribution in [0, 0.1) is 5.92 Å². The zero-order valence-corrected chi connectivity index (χ0v) is 14.1. The van der Waals surface area contributed by atoms with Crippen molar-refractivity contribution in [1.29, 1.82) is 0 Å². The zero-order chi connectivity index (χ0) is 16.3. The van der Waals surface area contributed by atoms with E-state index in [9.17, 15) is 13.2 Å². The minimum Gasteiger partial charge on any atom is -0.338 e. The molecule has 1 heterocycles. The van der Waals surface area contributed by atoms with Crippen LogP contribution in [0.25, 0.3) is 0 Å². The highest BCUT2D eigenvalue weighted by Crippen LogP contribution is 2.25. The van der Waals surface area contributed by atoms with E-state index < -0.39 is 10.0 Å². The Morgan fingerprint density at radius 2 is 2.18 bits per heavy atom. The van der Waals surface area contributed by atoms with Gasteiger partial charge in [-0.3, -0.25) is 4.79 Å². The van der Waals surface area contributed by atoms with Crippen LogP contribution in [0.3, 0.4) is 0 Å². The van der Waals surface area contributed by atoms with Crippen molar-refractivity contribution in [2.24, 2.45) is 5.92 Å². The van der Waals surface area contributed by atoms with Gasteiger partial charge < -0.3 is 4.90 Å². The number of benzene rings is 1. The molecule has 0 aliphatic carbocycles. The van der Waals surface area contributed by atoms with E-state index in [2.05, 4.69) is 11.3 Å². The Hall–Kier alpha value is -1.08. The Balaban J connectivity index is 1.98. The van der Waals surface area contributed by atoms with Crippen molar-refractivity contribution in [3.05, 3.63) is 45.8 Å². The van der Waals surface area contributed by atoms with Crippen LogP contribution in [0.1, 0.15) is 16.8 Å². The number of carbonyl (C=O) groups is 1. The van der Waals surface area contributed by atoms with E-state index in [4.69, 9.17) is 23.2 Å². The maximum absolute atomic E-state index is 12.4. The van der Waals surface area contributed by atoms with Crippen molar-refractivity contribution in [3.63, 3.8) is 0 Å². The van der Waals surface area contributed by atoms with Crippen LogP contribution < -0.4 is 4.72 Å². The van der Waals surface area contributed by atoms with Crippen molar-refractivity contribution in [2.75, 3.05) is 19.6 Å². The van der Waals surface area contributed by atoms with Crippen LogP contribution in [0.5, 0.6) is 0 Å². The summed E-state index contributed by atoms with van der Waals surface area (Å²) in [5, 5.41) is 1.66. The summed E-state index contributed by atoms with van der Waals surface area (Å²) in [5.41, 5.74) is 0.401. The molecule has 8 heteroatoms. The molecule has 1 aromatic carbocycles. The minimum atomic E-state index is -3.43. The van der Waals surface area contributed by atoms with Crippen LogP contribution in [0.15, 0.2) is 30.2 Å². The molecule has 0 bridgehead atoms. The van der Waals surface area contributed by atoms with Crippen LogP contribution in [0.4, 0.5) is 0 Å². The third-order valence-corrected chi connectivity index (χ3v) is 5.08. The lowest BCUT2D eigenvalue weighted by Crippen LogP contribution is -2.32. The summed E-state index contributed by atoms with van der Waals surface area (Å²) in [6, 6.07) is 4.75. The number of likely N-dealkylation sites (tertiary alicyclic amines) is 1. The molecule has 0 aromatic heterocycles. The Labute approximate surface area is 139 Å². The molecule has 1 saturated heterocycles. The summed E-state index contributed by atoms with van der Waals surface area (Å²) in [6.45, 7) is 4.57. The predicted molar refractivity (Wildman–Crippen MR) is 87.6 cm³/mol. The highest BCUT2D eigenvalue weighted by Gasteiger charge is 2.28. The highest BCUT2D eigenvalue weighted by atomic mass is 35.5. The number of nitrogens with zero attached hydrogens (tertiary/aromatic N) is 1. The van der Waals surface area contributed by atoms with E-state index in [1.54, 1.807) is 17.0 Å². The number of carbonyl (C=O) groups excluding carboxylic acids is 1. The molecular formula is C14H16Cl2N2O3S. The van der Waals surface area contributed by atoms with Crippen molar-refractivity contribution in [3.8, 4) is 0 Å². The van der Waals surface area contributed by atoms with E-state index >= 15 is 0 Å². The first-order valence-corrected chi connectivity index (χ1v) is 8.99. The zero-order valence-electron chi connectivity index (χ0n) is 11.8. The molecule has 0 unspecified atom stereocenters. The maximum Gasteiger partial charge on any atom is 0.255 e. The first-order valence-electron chi connectivity index (χ1n) is 6.69. The van der Waals surface area contributed by atoms with E-state index in [1.165, 1.54) is 6.07 Å². The normalized spacial score (nSPS) is 18.5. The molecule has 1 amide bonds. The maximum atomic E-state index is 12.4. The second-order valence-electron chi connectivity index (χ2n) is 5.09. The summed E-state index contributed by atoms with van der Waals surface area (Å²) >= 11 is 11.9. The Morgan fingerprint density at radius 1 is 1.45 bits per heavy atom. The monoisotopic (exact) mass is 362 g/mol. The second-order valence-corrected chi connectivity index (χ2v) is 7.65. The second kappa shape index (κ2) is 7.00. The summed E-state index contributed by atoms with van der Waals surface area (Å²) in [6.07, 6.45) is 0.733. The quantitative estimate of drug-likeness (QED) is 0.874. The molecule has 22 heavy (non-hydrogen) atoms. The fourth-order valence-electron chi connectivity index (χ4n) is 2.31. The van der Waals surface area contributed by atoms with Crippen molar-refractivity contribution < 1.29 is 13.2 Å². The Bertz CT molecular complexity index is 691. The van der Waals surface area contributed by atoms with Gasteiger partial charge in [-0.25, -0.2) is 13.1 Å². The van der Waals surface area contributed by atoms with Crippen LogP contribution in [0.2, 0.25) is 10.0 Å². The van der Waals surface area contributed by atoms with Crippen molar-refractivity contribution >= 4 is 39.1 Å². The largest absolute Gasteiger partial charge is 0.338 e. The number of hydrogen-bond donors (Lipinski definition) is 1. The average molecular weight is 363 g/mol. The molecule has 1 atom stereocenters. The van der Waals surface area contributed by atoms with Gasteiger partial charge in [0.2, 0.25) is 10.0 Å². The fourth-order valence-corrected chi connectivity index (χ4v) is 3.39. The third kappa shape index (κ3) is 4.23. The van der Waals surface area contributed by atoms with Gasteiger partial charge in [-0.1, -0.05) is 29.8 Å². The van der Waals surface area contributed by atoms with Gasteiger partial charge in [0.15, 0.2) is 0 Å². The Morgan fingerprint density at radius 3 is 2.82 bits per heavy atom. The van der Waals surface area contributed by atoms with Crippen LogP contribution in [-0.2, 0) is 10.0 Å². The highest BCUT2D eigenvalue weighted by molar-refractivity contribution is 7.92. The summed E-state index contributed by atoms with van der Waals surface area (Å²) in [5.74, 6) is -0.0968. The molecule has 1 fully saturated rings. The molecule has 0 saturated carbocycles. The molecule has 1 N–H and O–H groups in total. The third-order valence-electron chi connectivity index (χ3n) is 3.53. The fraction of sp³-hybridized carbons (Fsp3) is 0.357. The number of sulfonamides is 1. The molecule has 0 radical (unpaired) electrons. The molecule has 0 spiro atoms. The lowest BCUT2D eigenvalue weighted by atomic mass is 10.1. The van der Waals surface area contributed by atoms with Gasteiger partial charge >= 0.3 is 0 Å². The van der Waals surface area contributed by atoms with Gasteiger partial charge in [-0.15, -0.1) is 0 Å². The van der Waals surface area contributed by atoms with Gasteiger partial charge in [-0.05, 0) is 30.5 Å². The summed E-state index contributed by atoms with van der Waals surface area (Å²) in [7, 11) is -3.43. The molecule has 1 aromatic rings.